The molecule has 0 bridgehead atoms. The Bertz CT molecular complexity index is 589. The van der Waals surface area contributed by atoms with Crippen molar-refractivity contribution in [2.45, 2.75) is 82.7 Å². The third kappa shape index (κ3) is 3.83. The number of amides is 1. The van der Waals surface area contributed by atoms with E-state index in [-0.39, 0.29) is 17.9 Å². The topological polar surface area (TPSA) is 73.4 Å². The summed E-state index contributed by atoms with van der Waals surface area (Å²) in [6.45, 7) is 1.09. The normalized spacial score (nSPS) is 41.1. The van der Waals surface area contributed by atoms with Crippen molar-refractivity contribution in [3.8, 4) is 0 Å². The third-order valence-corrected chi connectivity index (χ3v) is 8.64. The Kier molecular flexibility index (Phi) is 6.01. The summed E-state index contributed by atoms with van der Waals surface area (Å²) in [5, 5.41) is 7.97. The van der Waals surface area contributed by atoms with Crippen LogP contribution in [0.15, 0.2) is 0 Å². The summed E-state index contributed by atoms with van der Waals surface area (Å²) >= 11 is 0. The lowest BCUT2D eigenvalue weighted by atomic mass is 9.65. The number of nitrogens with two attached hydrogens (primary N) is 1. The van der Waals surface area contributed by atoms with Crippen LogP contribution < -0.4 is 5.73 Å². The van der Waals surface area contributed by atoms with Gasteiger partial charge in [-0.2, -0.15) is 0 Å². The molecule has 5 nitrogen and oxygen atoms in total. The number of likely N-dealkylation sites (N-methyl/N-ethyl adjacent to an activating group) is 1. The second-order valence-corrected chi connectivity index (χ2v) is 10.4. The van der Waals surface area contributed by atoms with Gasteiger partial charge in [-0.1, -0.05) is 32.1 Å². The molecule has 1 saturated heterocycles. The molecule has 3 aliphatic carbocycles. The standard InChI is InChI=1S/C23H40N4O/c1-26(2)23(28)21-12-16-10-11-17(22(24)25)13-20(16)27(21)14-18-8-5-7-15-6-3-4-9-19(15)18/h15-21H,3-14H2,1-2H3,(H3,24,25). The highest BCUT2D eigenvalue weighted by Gasteiger charge is 2.49. The average molecular weight is 389 g/mol. The molecule has 28 heavy (non-hydrogen) atoms. The van der Waals surface area contributed by atoms with Crippen LogP contribution in [-0.2, 0) is 4.79 Å². The first-order chi connectivity index (χ1) is 13.5. The van der Waals surface area contributed by atoms with Crippen LogP contribution >= 0.6 is 0 Å². The predicted octanol–water partition coefficient (Wildman–Crippen LogP) is 3.48. The highest BCUT2D eigenvalue weighted by molar-refractivity contribution is 5.82. The summed E-state index contributed by atoms with van der Waals surface area (Å²) < 4.78 is 0. The molecule has 1 aliphatic heterocycles. The van der Waals surface area contributed by atoms with Crippen LogP contribution in [0.25, 0.3) is 0 Å². The fourth-order valence-electron chi connectivity index (χ4n) is 7.20. The fraction of sp³-hybridized carbons (Fsp3) is 0.913. The van der Waals surface area contributed by atoms with E-state index in [0.717, 1.165) is 50.0 Å². The number of amidine groups is 1. The molecule has 1 amide bonds. The quantitative estimate of drug-likeness (QED) is 0.572. The zero-order valence-corrected chi connectivity index (χ0v) is 17.9. The van der Waals surface area contributed by atoms with Crippen molar-refractivity contribution in [2.24, 2.45) is 35.3 Å². The molecule has 158 valence electrons. The minimum atomic E-state index is 0.0414. The molecule has 1 heterocycles. The van der Waals surface area contributed by atoms with Crippen LogP contribution in [0, 0.1) is 35.0 Å². The molecule has 3 N–H and O–H groups in total. The molecule has 3 saturated carbocycles. The van der Waals surface area contributed by atoms with Gasteiger partial charge in [0.25, 0.3) is 0 Å². The second-order valence-electron chi connectivity index (χ2n) is 10.4. The summed E-state index contributed by atoms with van der Waals surface area (Å²) in [4.78, 5) is 17.5. The summed E-state index contributed by atoms with van der Waals surface area (Å²) in [7, 11) is 3.80. The molecular formula is C23H40N4O. The largest absolute Gasteiger partial charge is 0.387 e. The molecule has 0 aromatic heterocycles. The molecule has 7 unspecified atom stereocenters. The number of carbonyl (C=O) groups is 1. The minimum Gasteiger partial charge on any atom is -0.387 e. The van der Waals surface area contributed by atoms with Crippen molar-refractivity contribution >= 4 is 11.7 Å². The maximum atomic E-state index is 13.1. The van der Waals surface area contributed by atoms with E-state index in [4.69, 9.17) is 11.1 Å². The Labute approximate surface area is 170 Å². The second kappa shape index (κ2) is 8.33. The molecule has 4 fully saturated rings. The monoisotopic (exact) mass is 388 g/mol. The first-order valence-corrected chi connectivity index (χ1v) is 11.8. The maximum absolute atomic E-state index is 13.1. The first-order valence-electron chi connectivity index (χ1n) is 11.8. The summed E-state index contributed by atoms with van der Waals surface area (Å²) in [5.74, 6) is 4.03. The van der Waals surface area contributed by atoms with E-state index in [2.05, 4.69) is 4.90 Å². The van der Waals surface area contributed by atoms with Gasteiger partial charge in [0.05, 0.1) is 11.9 Å². The van der Waals surface area contributed by atoms with Crippen LogP contribution in [0.4, 0.5) is 0 Å². The zero-order valence-electron chi connectivity index (χ0n) is 17.9. The highest BCUT2D eigenvalue weighted by Crippen LogP contribution is 2.47. The molecule has 7 atom stereocenters. The minimum absolute atomic E-state index is 0.0414. The van der Waals surface area contributed by atoms with Gasteiger partial charge < -0.3 is 10.6 Å². The van der Waals surface area contributed by atoms with Gasteiger partial charge in [0.15, 0.2) is 0 Å². The average Bonchev–Trinajstić information content (AvgIpc) is 3.05. The van der Waals surface area contributed by atoms with Crippen LogP contribution in [0.2, 0.25) is 0 Å². The van der Waals surface area contributed by atoms with Crippen molar-refractivity contribution in [3.63, 3.8) is 0 Å². The van der Waals surface area contributed by atoms with Crippen molar-refractivity contribution in [2.75, 3.05) is 20.6 Å². The van der Waals surface area contributed by atoms with E-state index in [1.807, 2.05) is 14.1 Å². The molecular weight excluding hydrogens is 348 g/mol. The SMILES string of the molecule is CN(C)C(=O)C1CC2CCC(C(=N)N)CC2N1CC1CCCC2CCCCC21. The van der Waals surface area contributed by atoms with E-state index < -0.39 is 0 Å². The number of likely N-dealkylation sites (tertiary alicyclic amines) is 1. The summed E-state index contributed by atoms with van der Waals surface area (Å²) in [5.41, 5.74) is 5.90. The van der Waals surface area contributed by atoms with Crippen LogP contribution in [0.5, 0.6) is 0 Å². The Morgan fingerprint density at radius 2 is 1.75 bits per heavy atom. The van der Waals surface area contributed by atoms with Gasteiger partial charge in [-0.25, -0.2) is 0 Å². The smallest absolute Gasteiger partial charge is 0.239 e. The molecule has 4 rings (SSSR count). The van der Waals surface area contributed by atoms with Crippen molar-refractivity contribution in [1.82, 2.24) is 9.80 Å². The summed E-state index contributed by atoms with van der Waals surface area (Å²) in [6.07, 6.45) is 13.9. The lowest BCUT2D eigenvalue weighted by Gasteiger charge is -2.45. The van der Waals surface area contributed by atoms with E-state index in [1.54, 1.807) is 4.90 Å². The fourth-order valence-corrected chi connectivity index (χ4v) is 7.20. The molecule has 0 spiro atoms. The van der Waals surface area contributed by atoms with Gasteiger partial charge in [0.2, 0.25) is 5.91 Å². The first kappa shape index (κ1) is 20.2. The van der Waals surface area contributed by atoms with E-state index in [1.165, 1.54) is 44.9 Å². The predicted molar refractivity (Wildman–Crippen MR) is 113 cm³/mol. The van der Waals surface area contributed by atoms with Crippen molar-refractivity contribution < 1.29 is 4.79 Å². The molecule has 0 aromatic rings. The lowest BCUT2D eigenvalue weighted by molar-refractivity contribution is -0.134. The van der Waals surface area contributed by atoms with Crippen LogP contribution in [-0.4, -0.2) is 54.3 Å². The lowest BCUT2D eigenvalue weighted by Crippen LogP contribution is -2.51. The van der Waals surface area contributed by atoms with Gasteiger partial charge in [-0.05, 0) is 62.2 Å². The molecule has 0 radical (unpaired) electrons. The Hall–Kier alpha value is -1.10. The number of rotatable bonds is 4. The van der Waals surface area contributed by atoms with E-state index in [0.29, 0.717) is 17.8 Å². The zero-order chi connectivity index (χ0) is 19.8. The molecule has 0 aromatic carbocycles. The van der Waals surface area contributed by atoms with Gasteiger partial charge in [0, 0.05) is 32.6 Å². The highest BCUT2D eigenvalue weighted by atomic mass is 16.2. The molecule has 4 aliphatic rings. The number of fused-ring (bicyclic) bond motifs is 2. The number of nitrogens with one attached hydrogen (secondary N) is 1. The van der Waals surface area contributed by atoms with Crippen molar-refractivity contribution in [3.05, 3.63) is 0 Å². The third-order valence-electron chi connectivity index (χ3n) is 8.64. The number of hydrogen-bond acceptors (Lipinski definition) is 3. The van der Waals surface area contributed by atoms with Gasteiger partial charge in [-0.15, -0.1) is 0 Å². The van der Waals surface area contributed by atoms with E-state index in [9.17, 15) is 4.79 Å². The number of hydrogen-bond donors (Lipinski definition) is 2. The van der Waals surface area contributed by atoms with Crippen LogP contribution in [0.1, 0.15) is 70.6 Å². The Balaban J connectivity index is 1.54. The van der Waals surface area contributed by atoms with Crippen LogP contribution in [0.3, 0.4) is 0 Å². The Morgan fingerprint density at radius 1 is 1.00 bits per heavy atom. The molecule has 5 heteroatoms. The van der Waals surface area contributed by atoms with Gasteiger partial charge in [-0.3, -0.25) is 15.1 Å². The number of carbonyl (C=O) groups excluding carboxylic acids is 1. The summed E-state index contributed by atoms with van der Waals surface area (Å²) in [6, 6.07) is 0.486. The Morgan fingerprint density at radius 3 is 2.50 bits per heavy atom. The maximum Gasteiger partial charge on any atom is 0.239 e. The van der Waals surface area contributed by atoms with Crippen molar-refractivity contribution in [1.29, 1.82) is 5.41 Å². The van der Waals surface area contributed by atoms with Gasteiger partial charge >= 0.3 is 0 Å². The van der Waals surface area contributed by atoms with Gasteiger partial charge in [0.1, 0.15) is 0 Å². The van der Waals surface area contributed by atoms with E-state index >= 15 is 0 Å². The number of nitrogens with zero attached hydrogens (tertiary/aromatic N) is 2.